The van der Waals surface area contributed by atoms with Crippen molar-refractivity contribution in [3.05, 3.63) is 50.6 Å². The molecule has 1 fully saturated rings. The van der Waals surface area contributed by atoms with Gasteiger partial charge in [0.25, 0.3) is 0 Å². The summed E-state index contributed by atoms with van der Waals surface area (Å²) in [5.74, 6) is 0. The third-order valence-electron chi connectivity index (χ3n) is 3.55. The molecule has 0 atom stereocenters. The van der Waals surface area contributed by atoms with Crippen molar-refractivity contribution in [2.45, 2.75) is 37.2 Å². The Morgan fingerprint density at radius 3 is 2.67 bits per heavy atom. The average Bonchev–Trinajstić information content (AvgIpc) is 3.11. The van der Waals surface area contributed by atoms with Crippen LogP contribution >= 0.6 is 27.3 Å². The van der Waals surface area contributed by atoms with Gasteiger partial charge in [-0.3, -0.25) is 0 Å². The summed E-state index contributed by atoms with van der Waals surface area (Å²) >= 11 is 4.99. The van der Waals surface area contributed by atoms with Crippen LogP contribution in [0.1, 0.15) is 24.0 Å². The molecule has 1 saturated carbocycles. The number of benzene rings is 1. The molecule has 0 spiro atoms. The van der Waals surface area contributed by atoms with Crippen molar-refractivity contribution < 1.29 is 8.42 Å². The van der Waals surface area contributed by atoms with E-state index in [-0.39, 0.29) is 6.04 Å². The normalized spacial score (nSPS) is 15.6. The van der Waals surface area contributed by atoms with Gasteiger partial charge in [0.15, 0.2) is 0 Å². The Hall–Kier alpha value is -0.690. The molecule has 1 heterocycles. The smallest absolute Gasteiger partial charge is 0.207 e. The third-order valence-corrected chi connectivity index (χ3v) is 7.15. The van der Waals surface area contributed by atoms with Crippen molar-refractivity contribution in [2.24, 2.45) is 0 Å². The van der Waals surface area contributed by atoms with Crippen molar-refractivity contribution in [3.63, 3.8) is 0 Å². The van der Waals surface area contributed by atoms with Crippen LogP contribution in [0.4, 0.5) is 0 Å². The van der Waals surface area contributed by atoms with Crippen LogP contribution in [0, 0.1) is 6.92 Å². The zero-order valence-corrected chi connectivity index (χ0v) is 14.8. The SMILES string of the molecule is Cc1ccc(S(=O)(=O)N(Cc2ccsc2)C2CC2)c(Br)c1. The molecule has 2 aromatic rings. The summed E-state index contributed by atoms with van der Waals surface area (Å²) in [4.78, 5) is 0.357. The number of sulfonamides is 1. The number of hydrogen-bond donors (Lipinski definition) is 0. The lowest BCUT2D eigenvalue weighted by Gasteiger charge is -2.22. The Bertz CT molecular complexity index is 737. The molecule has 0 radical (unpaired) electrons. The molecule has 1 aliphatic rings. The van der Waals surface area contributed by atoms with Gasteiger partial charge in [-0.1, -0.05) is 6.07 Å². The second-order valence-corrected chi connectivity index (χ2v) is 8.84. The van der Waals surface area contributed by atoms with E-state index in [1.54, 1.807) is 21.7 Å². The summed E-state index contributed by atoms with van der Waals surface area (Å²) in [6.07, 6.45) is 1.90. The number of rotatable bonds is 5. The zero-order valence-electron chi connectivity index (χ0n) is 11.6. The molecule has 0 N–H and O–H groups in total. The Kier molecular flexibility index (Phi) is 4.23. The molecule has 21 heavy (non-hydrogen) atoms. The third kappa shape index (κ3) is 3.23. The highest BCUT2D eigenvalue weighted by Crippen LogP contribution is 2.36. The first kappa shape index (κ1) is 15.2. The van der Waals surface area contributed by atoms with Crippen molar-refractivity contribution in [1.82, 2.24) is 4.31 Å². The minimum Gasteiger partial charge on any atom is -0.207 e. The van der Waals surface area contributed by atoms with E-state index in [9.17, 15) is 8.42 Å². The summed E-state index contributed by atoms with van der Waals surface area (Å²) in [6, 6.07) is 7.51. The maximum Gasteiger partial charge on any atom is 0.244 e. The van der Waals surface area contributed by atoms with E-state index in [1.165, 1.54) is 0 Å². The lowest BCUT2D eigenvalue weighted by Crippen LogP contribution is -2.32. The fraction of sp³-hybridized carbons (Fsp3) is 0.333. The number of halogens is 1. The van der Waals surface area contributed by atoms with Crippen LogP contribution in [0.15, 0.2) is 44.4 Å². The van der Waals surface area contributed by atoms with Gasteiger partial charge in [0, 0.05) is 17.1 Å². The van der Waals surface area contributed by atoms with Gasteiger partial charge in [-0.2, -0.15) is 15.6 Å². The van der Waals surface area contributed by atoms with E-state index in [2.05, 4.69) is 15.9 Å². The van der Waals surface area contributed by atoms with Crippen molar-refractivity contribution in [1.29, 1.82) is 0 Å². The van der Waals surface area contributed by atoms with Crippen molar-refractivity contribution in [2.75, 3.05) is 0 Å². The van der Waals surface area contributed by atoms with E-state index >= 15 is 0 Å². The Morgan fingerprint density at radius 2 is 2.10 bits per heavy atom. The Balaban J connectivity index is 1.97. The first-order valence-electron chi connectivity index (χ1n) is 6.77. The van der Waals surface area contributed by atoms with Gasteiger partial charge in [0.2, 0.25) is 10.0 Å². The highest BCUT2D eigenvalue weighted by atomic mass is 79.9. The maximum absolute atomic E-state index is 13.0. The summed E-state index contributed by atoms with van der Waals surface area (Å²) in [5, 5.41) is 3.99. The number of nitrogens with zero attached hydrogens (tertiary/aromatic N) is 1. The van der Waals surface area contributed by atoms with Gasteiger partial charge in [0.05, 0.1) is 4.90 Å². The number of thiophene rings is 1. The molecule has 1 aromatic heterocycles. The second kappa shape index (κ2) is 5.83. The Labute approximate surface area is 137 Å². The minimum absolute atomic E-state index is 0.142. The first-order chi connectivity index (χ1) is 9.98. The monoisotopic (exact) mass is 385 g/mol. The van der Waals surface area contributed by atoms with E-state index in [4.69, 9.17) is 0 Å². The summed E-state index contributed by atoms with van der Waals surface area (Å²) < 4.78 is 28.2. The Morgan fingerprint density at radius 1 is 1.33 bits per heavy atom. The predicted octanol–water partition coefficient (Wildman–Crippen LogP) is 4.17. The highest BCUT2D eigenvalue weighted by Gasteiger charge is 2.38. The number of hydrogen-bond acceptors (Lipinski definition) is 3. The zero-order chi connectivity index (χ0) is 15.0. The van der Waals surface area contributed by atoms with Crippen LogP contribution in [-0.4, -0.2) is 18.8 Å². The van der Waals surface area contributed by atoms with Crippen LogP contribution in [0.5, 0.6) is 0 Å². The second-order valence-electron chi connectivity index (χ2n) is 5.35. The van der Waals surface area contributed by atoms with Gasteiger partial charge in [-0.25, -0.2) is 8.42 Å². The van der Waals surface area contributed by atoms with Crippen LogP contribution < -0.4 is 0 Å². The largest absolute Gasteiger partial charge is 0.244 e. The van der Waals surface area contributed by atoms with Crippen LogP contribution in [0.25, 0.3) is 0 Å². The molecule has 0 aliphatic heterocycles. The van der Waals surface area contributed by atoms with Crippen LogP contribution in [0.3, 0.4) is 0 Å². The minimum atomic E-state index is -3.47. The fourth-order valence-corrected chi connectivity index (χ4v) is 5.76. The predicted molar refractivity (Wildman–Crippen MR) is 88.9 cm³/mol. The van der Waals surface area contributed by atoms with Gasteiger partial charge >= 0.3 is 0 Å². The fourth-order valence-electron chi connectivity index (χ4n) is 2.28. The summed E-state index contributed by atoms with van der Waals surface area (Å²) in [6.45, 7) is 2.40. The molecule has 0 saturated heterocycles. The molecule has 0 amide bonds. The molecule has 1 aliphatic carbocycles. The molecule has 0 bridgehead atoms. The molecular weight excluding hydrogens is 370 g/mol. The molecular formula is C15H16BrNO2S2. The van der Waals surface area contributed by atoms with E-state index < -0.39 is 10.0 Å². The quantitative estimate of drug-likeness (QED) is 0.774. The lowest BCUT2D eigenvalue weighted by molar-refractivity contribution is 0.399. The molecule has 1 aromatic carbocycles. The first-order valence-corrected chi connectivity index (χ1v) is 9.95. The molecule has 0 unspecified atom stereocenters. The van der Waals surface area contributed by atoms with Gasteiger partial charge in [-0.15, -0.1) is 0 Å². The van der Waals surface area contributed by atoms with Gasteiger partial charge in [-0.05, 0) is 75.8 Å². The van der Waals surface area contributed by atoms with Crippen molar-refractivity contribution >= 4 is 37.3 Å². The van der Waals surface area contributed by atoms with Crippen molar-refractivity contribution in [3.8, 4) is 0 Å². The van der Waals surface area contributed by atoms with Gasteiger partial charge < -0.3 is 0 Å². The van der Waals surface area contributed by atoms with E-state index in [0.717, 1.165) is 24.0 Å². The standard InChI is InChI=1S/C15H16BrNO2S2/c1-11-2-5-15(14(16)8-11)21(18,19)17(13-3-4-13)9-12-6-7-20-10-12/h2,5-8,10,13H,3-4,9H2,1H3. The van der Waals surface area contributed by atoms with E-state index in [1.807, 2.05) is 35.9 Å². The topological polar surface area (TPSA) is 37.4 Å². The van der Waals surface area contributed by atoms with Crippen LogP contribution in [0.2, 0.25) is 0 Å². The molecule has 112 valence electrons. The lowest BCUT2D eigenvalue weighted by atomic mass is 10.2. The maximum atomic E-state index is 13.0. The number of aryl methyl sites for hydroxylation is 1. The molecule has 6 heteroatoms. The average molecular weight is 386 g/mol. The van der Waals surface area contributed by atoms with Crippen LogP contribution in [-0.2, 0) is 16.6 Å². The molecule has 3 rings (SSSR count). The van der Waals surface area contributed by atoms with E-state index in [0.29, 0.717) is 15.9 Å². The summed E-state index contributed by atoms with van der Waals surface area (Å²) in [5.41, 5.74) is 2.09. The van der Waals surface area contributed by atoms with Gasteiger partial charge in [0.1, 0.15) is 0 Å². The molecule has 3 nitrogen and oxygen atoms in total. The highest BCUT2D eigenvalue weighted by molar-refractivity contribution is 9.10. The summed E-state index contributed by atoms with van der Waals surface area (Å²) in [7, 11) is -3.47.